The lowest BCUT2D eigenvalue weighted by Gasteiger charge is -2.36. The summed E-state index contributed by atoms with van der Waals surface area (Å²) in [6.45, 7) is 0. The first-order valence-corrected chi connectivity index (χ1v) is 9.29. The number of halogens is 2. The lowest BCUT2D eigenvalue weighted by Crippen LogP contribution is -2.47. The number of rotatable bonds is 3. The van der Waals surface area contributed by atoms with Crippen LogP contribution in [0.1, 0.15) is 25.7 Å². The van der Waals surface area contributed by atoms with E-state index in [0.29, 0.717) is 18.6 Å². The van der Waals surface area contributed by atoms with E-state index in [4.69, 9.17) is 27.9 Å². The van der Waals surface area contributed by atoms with E-state index in [2.05, 4.69) is 0 Å². The summed E-state index contributed by atoms with van der Waals surface area (Å²) >= 11 is 12.2. The van der Waals surface area contributed by atoms with Crippen molar-refractivity contribution >= 4 is 33.2 Å². The largest absolute Gasteiger partial charge is 0.495 e. The highest BCUT2D eigenvalue weighted by atomic mass is 35.5. The number of benzene rings is 1. The third-order valence-electron chi connectivity index (χ3n) is 4.43. The first-order chi connectivity index (χ1) is 10.4. The van der Waals surface area contributed by atoms with E-state index in [0.717, 1.165) is 12.8 Å². The van der Waals surface area contributed by atoms with Crippen LogP contribution >= 0.6 is 23.2 Å². The topological polar surface area (TPSA) is 66.8 Å². The van der Waals surface area contributed by atoms with Gasteiger partial charge in [0.15, 0.2) is 0 Å². The summed E-state index contributed by atoms with van der Waals surface area (Å²) in [5.74, 6) is 0.336. The molecule has 0 saturated carbocycles. The maximum absolute atomic E-state index is 13.0. The highest BCUT2D eigenvalue weighted by Gasteiger charge is 2.47. The minimum absolute atomic E-state index is 0.00624. The monoisotopic (exact) mass is 365 g/mol. The van der Waals surface area contributed by atoms with Crippen LogP contribution in [0, 0.1) is 0 Å². The molecule has 2 aliphatic heterocycles. The minimum Gasteiger partial charge on any atom is -0.495 e. The van der Waals surface area contributed by atoms with Gasteiger partial charge in [0.1, 0.15) is 15.7 Å². The summed E-state index contributed by atoms with van der Waals surface area (Å²) in [4.78, 5) is -0.00624. The Morgan fingerprint density at radius 1 is 1.18 bits per heavy atom. The molecular weight excluding hydrogens is 349 g/mol. The zero-order valence-electron chi connectivity index (χ0n) is 12.0. The molecule has 1 aromatic rings. The van der Waals surface area contributed by atoms with Gasteiger partial charge in [-0.2, -0.15) is 4.31 Å². The summed E-state index contributed by atoms with van der Waals surface area (Å²) in [5.41, 5.74) is 0. The number of piperidine rings is 1. The molecule has 0 amide bonds. The first-order valence-electron chi connectivity index (χ1n) is 7.10. The first kappa shape index (κ1) is 16.3. The summed E-state index contributed by atoms with van der Waals surface area (Å²) in [5, 5.41) is 9.90. The summed E-state index contributed by atoms with van der Waals surface area (Å²) in [6, 6.07) is 2.58. The quantitative estimate of drug-likeness (QED) is 0.893. The van der Waals surface area contributed by atoms with Crippen molar-refractivity contribution in [2.24, 2.45) is 0 Å². The van der Waals surface area contributed by atoms with Crippen molar-refractivity contribution in [3.8, 4) is 5.75 Å². The second kappa shape index (κ2) is 5.83. The molecule has 2 bridgehead atoms. The number of fused-ring (bicyclic) bond motifs is 2. The molecular formula is C14H17Cl2NO4S. The van der Waals surface area contributed by atoms with E-state index >= 15 is 0 Å². The fourth-order valence-electron chi connectivity index (χ4n) is 3.48. The number of hydrogen-bond acceptors (Lipinski definition) is 4. The van der Waals surface area contributed by atoms with E-state index < -0.39 is 16.1 Å². The predicted octanol–water partition coefficient (Wildman–Crippen LogP) is 2.68. The van der Waals surface area contributed by atoms with Crippen molar-refractivity contribution in [2.75, 3.05) is 7.11 Å². The third kappa shape index (κ3) is 2.51. The molecule has 2 heterocycles. The average molecular weight is 366 g/mol. The Labute approximate surface area is 139 Å². The van der Waals surface area contributed by atoms with Gasteiger partial charge in [-0.1, -0.05) is 23.2 Å². The van der Waals surface area contributed by atoms with Gasteiger partial charge in [0, 0.05) is 12.1 Å². The molecule has 8 heteroatoms. The lowest BCUT2D eigenvalue weighted by molar-refractivity contribution is 0.0769. The molecule has 1 aromatic carbocycles. The van der Waals surface area contributed by atoms with Crippen LogP contribution in [-0.2, 0) is 10.0 Å². The molecule has 0 aromatic heterocycles. The van der Waals surface area contributed by atoms with Crippen LogP contribution in [0.15, 0.2) is 17.0 Å². The van der Waals surface area contributed by atoms with Gasteiger partial charge in [0.25, 0.3) is 0 Å². The Morgan fingerprint density at radius 2 is 1.77 bits per heavy atom. The standard InChI is InChI=1S/C14H17Cl2NO4S/c1-21-11-4-5-12(14(16)13(11)15)22(19,20)17-8-2-3-9(17)7-10(18)6-8/h4-5,8-10,18H,2-3,6-7H2,1H3. The molecule has 2 unspecified atom stereocenters. The lowest BCUT2D eigenvalue weighted by atomic mass is 10.0. The predicted molar refractivity (Wildman–Crippen MR) is 84.1 cm³/mol. The summed E-state index contributed by atoms with van der Waals surface area (Å²) in [6.07, 6.45) is 2.04. The van der Waals surface area contributed by atoms with E-state index in [1.165, 1.54) is 23.5 Å². The third-order valence-corrected chi connectivity index (χ3v) is 7.45. The fourth-order valence-corrected chi connectivity index (χ4v) is 6.19. The van der Waals surface area contributed by atoms with Crippen LogP contribution in [-0.4, -0.2) is 43.1 Å². The van der Waals surface area contributed by atoms with Gasteiger partial charge < -0.3 is 9.84 Å². The molecule has 2 saturated heterocycles. The molecule has 0 aliphatic carbocycles. The molecule has 22 heavy (non-hydrogen) atoms. The van der Waals surface area contributed by atoms with Gasteiger partial charge in [0.2, 0.25) is 10.0 Å². The number of nitrogens with zero attached hydrogens (tertiary/aromatic N) is 1. The van der Waals surface area contributed by atoms with Crippen LogP contribution < -0.4 is 4.74 Å². The van der Waals surface area contributed by atoms with Crippen molar-refractivity contribution in [1.29, 1.82) is 0 Å². The maximum Gasteiger partial charge on any atom is 0.245 e. The van der Waals surface area contributed by atoms with Gasteiger partial charge in [-0.15, -0.1) is 0 Å². The zero-order valence-corrected chi connectivity index (χ0v) is 14.3. The Balaban J connectivity index is 2.03. The molecule has 2 aliphatic rings. The van der Waals surface area contributed by atoms with Crippen molar-refractivity contribution in [3.05, 3.63) is 22.2 Å². The fraction of sp³-hybridized carbons (Fsp3) is 0.571. The van der Waals surface area contributed by atoms with E-state index in [-0.39, 0.29) is 27.0 Å². The van der Waals surface area contributed by atoms with Crippen LogP contribution in [0.5, 0.6) is 5.75 Å². The molecule has 0 radical (unpaired) electrons. The van der Waals surface area contributed by atoms with Crippen LogP contribution in [0.3, 0.4) is 0 Å². The number of sulfonamides is 1. The summed E-state index contributed by atoms with van der Waals surface area (Å²) < 4.78 is 32.5. The van der Waals surface area contributed by atoms with Crippen LogP contribution in [0.2, 0.25) is 10.0 Å². The van der Waals surface area contributed by atoms with E-state index in [9.17, 15) is 13.5 Å². The highest BCUT2D eigenvalue weighted by Crippen LogP contribution is 2.43. The average Bonchev–Trinajstić information content (AvgIpc) is 2.75. The number of hydrogen-bond donors (Lipinski definition) is 1. The molecule has 3 rings (SSSR count). The van der Waals surface area contributed by atoms with E-state index in [1.54, 1.807) is 0 Å². The van der Waals surface area contributed by atoms with Gasteiger partial charge in [-0.3, -0.25) is 0 Å². The smallest absolute Gasteiger partial charge is 0.245 e. The Bertz CT molecular complexity index is 680. The molecule has 2 fully saturated rings. The SMILES string of the molecule is COc1ccc(S(=O)(=O)N2C3CCC2CC(O)C3)c(Cl)c1Cl. The summed E-state index contributed by atoms with van der Waals surface area (Å²) in [7, 11) is -2.31. The maximum atomic E-state index is 13.0. The van der Waals surface area contributed by atoms with Gasteiger partial charge in [-0.25, -0.2) is 8.42 Å². The highest BCUT2D eigenvalue weighted by molar-refractivity contribution is 7.89. The Hall–Kier alpha value is -0.530. The second-order valence-electron chi connectivity index (χ2n) is 5.74. The normalized spacial score (nSPS) is 28.8. The molecule has 2 atom stereocenters. The van der Waals surface area contributed by atoms with Crippen molar-refractivity contribution in [3.63, 3.8) is 0 Å². The van der Waals surface area contributed by atoms with Gasteiger partial charge >= 0.3 is 0 Å². The van der Waals surface area contributed by atoms with Crippen molar-refractivity contribution in [1.82, 2.24) is 4.31 Å². The number of ether oxygens (including phenoxy) is 1. The second-order valence-corrected chi connectivity index (χ2v) is 8.31. The Morgan fingerprint density at radius 3 is 2.32 bits per heavy atom. The van der Waals surface area contributed by atoms with Crippen LogP contribution in [0.4, 0.5) is 0 Å². The molecule has 122 valence electrons. The molecule has 1 N–H and O–H groups in total. The molecule has 0 spiro atoms. The number of methoxy groups -OCH3 is 1. The van der Waals surface area contributed by atoms with Gasteiger partial charge in [0.05, 0.1) is 18.2 Å². The Kier molecular flexibility index (Phi) is 4.33. The zero-order chi connectivity index (χ0) is 16.1. The molecule has 5 nitrogen and oxygen atoms in total. The number of aliphatic hydroxyl groups is 1. The van der Waals surface area contributed by atoms with E-state index in [1.807, 2.05) is 0 Å². The van der Waals surface area contributed by atoms with Crippen LogP contribution in [0.25, 0.3) is 0 Å². The minimum atomic E-state index is -3.75. The van der Waals surface area contributed by atoms with Crippen molar-refractivity contribution in [2.45, 2.75) is 48.8 Å². The van der Waals surface area contributed by atoms with Crippen molar-refractivity contribution < 1.29 is 18.3 Å². The van der Waals surface area contributed by atoms with Gasteiger partial charge in [-0.05, 0) is 37.8 Å². The number of aliphatic hydroxyl groups excluding tert-OH is 1.